The number of rotatable bonds is 7. The van der Waals surface area contributed by atoms with Crippen molar-refractivity contribution >= 4 is 16.0 Å². The summed E-state index contributed by atoms with van der Waals surface area (Å²) in [6.07, 6.45) is 0.325. The lowest BCUT2D eigenvalue weighted by Crippen LogP contribution is -2.47. The summed E-state index contributed by atoms with van der Waals surface area (Å²) in [5.41, 5.74) is -1.24. The Kier molecular flexibility index (Phi) is 5.04. The topological polar surface area (TPSA) is 104 Å². The Morgan fingerprint density at radius 3 is 2.42 bits per heavy atom. The Labute approximate surface area is 112 Å². The molecule has 0 amide bonds. The van der Waals surface area contributed by atoms with Crippen LogP contribution in [-0.4, -0.2) is 42.5 Å². The summed E-state index contributed by atoms with van der Waals surface area (Å²) in [6.45, 7) is 0.481. The highest BCUT2D eigenvalue weighted by molar-refractivity contribution is 7.89. The van der Waals surface area contributed by atoms with Crippen LogP contribution in [0.15, 0.2) is 30.3 Å². The number of hydrogen-bond donors (Lipinski definition) is 3. The van der Waals surface area contributed by atoms with Crippen molar-refractivity contribution in [2.75, 3.05) is 12.3 Å². The second-order valence-corrected chi connectivity index (χ2v) is 6.38. The Hall–Kier alpha value is -1.44. The highest BCUT2D eigenvalue weighted by atomic mass is 32.2. The molecule has 0 saturated carbocycles. The number of aryl methyl sites for hydroxylation is 1. The van der Waals surface area contributed by atoms with Gasteiger partial charge in [0.15, 0.2) is 5.60 Å². The predicted molar refractivity (Wildman–Crippen MR) is 70.2 cm³/mol. The lowest BCUT2D eigenvalue weighted by atomic mass is 10.1. The van der Waals surface area contributed by atoms with E-state index in [9.17, 15) is 18.3 Å². The van der Waals surface area contributed by atoms with Crippen molar-refractivity contribution in [3.63, 3.8) is 0 Å². The Balaban J connectivity index is 2.51. The van der Waals surface area contributed by atoms with Crippen LogP contribution in [0.5, 0.6) is 0 Å². The van der Waals surface area contributed by atoms with Gasteiger partial charge in [-0.15, -0.1) is 0 Å². The molecular weight excluding hydrogens is 270 g/mol. The molecular formula is C12H17NO5S. The summed E-state index contributed by atoms with van der Waals surface area (Å²) in [7, 11) is -3.62. The van der Waals surface area contributed by atoms with Gasteiger partial charge >= 0.3 is 5.97 Å². The van der Waals surface area contributed by atoms with Gasteiger partial charge in [-0.05, 0) is 18.9 Å². The first kappa shape index (κ1) is 15.6. The maximum atomic E-state index is 11.7. The average molecular weight is 287 g/mol. The molecule has 0 aliphatic carbocycles. The number of nitrogens with one attached hydrogen (secondary N) is 1. The van der Waals surface area contributed by atoms with Gasteiger partial charge < -0.3 is 10.2 Å². The lowest BCUT2D eigenvalue weighted by Gasteiger charge is -2.18. The zero-order valence-corrected chi connectivity index (χ0v) is 11.4. The van der Waals surface area contributed by atoms with Gasteiger partial charge in [-0.25, -0.2) is 17.9 Å². The summed E-state index contributed by atoms with van der Waals surface area (Å²) < 4.78 is 25.4. The lowest BCUT2D eigenvalue weighted by molar-refractivity contribution is -0.155. The fourth-order valence-electron chi connectivity index (χ4n) is 1.30. The molecule has 19 heavy (non-hydrogen) atoms. The van der Waals surface area contributed by atoms with E-state index in [1.54, 1.807) is 0 Å². The van der Waals surface area contributed by atoms with Crippen LogP contribution in [-0.2, 0) is 21.2 Å². The van der Waals surface area contributed by atoms with Crippen molar-refractivity contribution in [2.45, 2.75) is 18.9 Å². The van der Waals surface area contributed by atoms with Crippen LogP contribution in [0.3, 0.4) is 0 Å². The van der Waals surface area contributed by atoms with E-state index in [0.717, 1.165) is 12.5 Å². The number of hydrogen-bond acceptors (Lipinski definition) is 4. The number of sulfonamides is 1. The number of carbonyl (C=O) groups is 1. The molecule has 1 aromatic rings. The van der Waals surface area contributed by atoms with Gasteiger partial charge in [-0.3, -0.25) is 0 Å². The molecule has 0 aliphatic rings. The Morgan fingerprint density at radius 1 is 1.32 bits per heavy atom. The molecule has 7 heteroatoms. The Morgan fingerprint density at radius 2 is 1.89 bits per heavy atom. The SMILES string of the molecule is CC(O)(CNS(=O)(=O)CCc1ccccc1)C(=O)O. The van der Waals surface area contributed by atoms with Crippen molar-refractivity contribution in [1.29, 1.82) is 0 Å². The number of carboxylic acid groups (broad SMARTS) is 1. The first-order valence-electron chi connectivity index (χ1n) is 5.70. The van der Waals surface area contributed by atoms with Crippen molar-refractivity contribution in [3.8, 4) is 0 Å². The maximum Gasteiger partial charge on any atom is 0.336 e. The minimum Gasteiger partial charge on any atom is -0.479 e. The zero-order chi connectivity index (χ0) is 14.5. The maximum absolute atomic E-state index is 11.7. The van der Waals surface area contributed by atoms with Gasteiger partial charge in [-0.2, -0.15) is 0 Å². The standard InChI is InChI=1S/C12H17NO5S/c1-12(16,11(14)15)9-13-19(17,18)8-7-10-5-3-2-4-6-10/h2-6,13,16H,7-9H2,1H3,(H,14,15). The van der Waals surface area contributed by atoms with Crippen molar-refractivity contribution < 1.29 is 23.4 Å². The number of aliphatic carboxylic acids is 1. The first-order valence-corrected chi connectivity index (χ1v) is 7.35. The minimum absolute atomic E-state index is 0.160. The third-order valence-corrected chi connectivity index (χ3v) is 3.93. The van der Waals surface area contributed by atoms with E-state index in [-0.39, 0.29) is 5.75 Å². The fourth-order valence-corrected chi connectivity index (χ4v) is 2.44. The second-order valence-electron chi connectivity index (χ2n) is 4.45. The van der Waals surface area contributed by atoms with Crippen LogP contribution >= 0.6 is 0 Å². The number of carboxylic acids is 1. The van der Waals surface area contributed by atoms with Crippen LogP contribution in [0.4, 0.5) is 0 Å². The van der Waals surface area contributed by atoms with E-state index in [0.29, 0.717) is 6.42 Å². The number of benzene rings is 1. The van der Waals surface area contributed by atoms with Crippen LogP contribution in [0.25, 0.3) is 0 Å². The summed E-state index contributed by atoms with van der Waals surface area (Å²) >= 11 is 0. The van der Waals surface area contributed by atoms with Crippen LogP contribution < -0.4 is 4.72 Å². The van der Waals surface area contributed by atoms with Crippen molar-refractivity contribution in [3.05, 3.63) is 35.9 Å². The molecule has 3 N–H and O–H groups in total. The molecule has 1 atom stereocenters. The molecule has 0 saturated heterocycles. The summed E-state index contributed by atoms with van der Waals surface area (Å²) in [5.74, 6) is -1.63. The molecule has 106 valence electrons. The number of aliphatic hydroxyl groups is 1. The van der Waals surface area contributed by atoms with Gasteiger partial charge in [0.05, 0.1) is 5.75 Å². The zero-order valence-electron chi connectivity index (χ0n) is 10.5. The van der Waals surface area contributed by atoms with E-state index in [1.807, 2.05) is 30.3 Å². The van der Waals surface area contributed by atoms with Crippen molar-refractivity contribution in [1.82, 2.24) is 4.72 Å². The molecule has 0 heterocycles. The van der Waals surface area contributed by atoms with E-state index >= 15 is 0 Å². The second kappa shape index (κ2) is 6.14. The van der Waals surface area contributed by atoms with Gasteiger partial charge in [0.25, 0.3) is 0 Å². The van der Waals surface area contributed by atoms with Gasteiger partial charge in [0, 0.05) is 6.54 Å². The molecule has 1 rings (SSSR count). The average Bonchev–Trinajstić information content (AvgIpc) is 2.36. The largest absolute Gasteiger partial charge is 0.479 e. The van der Waals surface area contributed by atoms with Crippen LogP contribution in [0.2, 0.25) is 0 Å². The molecule has 1 unspecified atom stereocenters. The van der Waals surface area contributed by atoms with Crippen LogP contribution in [0, 0.1) is 0 Å². The normalized spacial score (nSPS) is 14.8. The van der Waals surface area contributed by atoms with Gasteiger partial charge in [0.2, 0.25) is 10.0 Å². The minimum atomic E-state index is -3.62. The summed E-state index contributed by atoms with van der Waals surface area (Å²) in [5, 5.41) is 18.1. The van der Waals surface area contributed by atoms with E-state index in [2.05, 4.69) is 4.72 Å². The summed E-state index contributed by atoms with van der Waals surface area (Å²) in [6, 6.07) is 9.07. The van der Waals surface area contributed by atoms with E-state index < -0.39 is 28.1 Å². The molecule has 0 aromatic heterocycles. The molecule has 1 aromatic carbocycles. The Bertz CT molecular complexity index is 524. The third-order valence-electron chi connectivity index (χ3n) is 2.60. The molecule has 0 aliphatic heterocycles. The molecule has 6 nitrogen and oxygen atoms in total. The molecule has 0 spiro atoms. The smallest absolute Gasteiger partial charge is 0.336 e. The van der Waals surface area contributed by atoms with E-state index in [4.69, 9.17) is 5.11 Å². The quantitative estimate of drug-likeness (QED) is 0.654. The molecule has 0 bridgehead atoms. The monoisotopic (exact) mass is 287 g/mol. The van der Waals surface area contributed by atoms with Gasteiger partial charge in [0.1, 0.15) is 0 Å². The highest BCUT2D eigenvalue weighted by Crippen LogP contribution is 2.04. The first-order chi connectivity index (χ1) is 8.73. The van der Waals surface area contributed by atoms with Crippen LogP contribution in [0.1, 0.15) is 12.5 Å². The molecule has 0 radical (unpaired) electrons. The molecule has 0 fully saturated rings. The fraction of sp³-hybridized carbons (Fsp3) is 0.417. The van der Waals surface area contributed by atoms with Crippen molar-refractivity contribution in [2.24, 2.45) is 0 Å². The highest BCUT2D eigenvalue weighted by Gasteiger charge is 2.31. The van der Waals surface area contributed by atoms with Gasteiger partial charge in [-0.1, -0.05) is 30.3 Å². The summed E-state index contributed by atoms with van der Waals surface area (Å²) in [4.78, 5) is 10.6. The van der Waals surface area contributed by atoms with E-state index in [1.165, 1.54) is 0 Å². The third kappa shape index (κ3) is 5.37. The predicted octanol–water partition coefficient (Wildman–Crippen LogP) is -0.0159.